The number of aromatic nitrogens is 3. The number of thioether (sulfide) groups is 1. The monoisotopic (exact) mass is 696 g/mol. The molecular weight excluding hydrogens is 666 g/mol. The van der Waals surface area contributed by atoms with Gasteiger partial charge in [-0.1, -0.05) is 75.0 Å². The van der Waals surface area contributed by atoms with Gasteiger partial charge in [0.15, 0.2) is 16.1 Å². The van der Waals surface area contributed by atoms with Crippen LogP contribution in [0, 0.1) is 0 Å². The number of methoxy groups -OCH3 is 1. The fourth-order valence-corrected chi connectivity index (χ4v) is 6.09. The number of rotatable bonds is 8. The number of nitrogens with zero attached hydrogens (tertiary/aromatic N) is 5. The van der Waals surface area contributed by atoms with Crippen LogP contribution >= 0.6 is 24.0 Å². The van der Waals surface area contributed by atoms with Crippen LogP contribution in [0.5, 0.6) is 5.75 Å². The summed E-state index contributed by atoms with van der Waals surface area (Å²) in [7, 11) is 1.28. The smallest absolute Gasteiger partial charge is 0.467 e. The van der Waals surface area contributed by atoms with E-state index in [-0.39, 0.29) is 34.4 Å². The number of amidine groups is 1. The van der Waals surface area contributed by atoms with Crippen molar-refractivity contribution in [2.45, 2.75) is 45.0 Å². The third kappa shape index (κ3) is 8.39. The molecule has 2 heterocycles. The quantitative estimate of drug-likeness (QED) is 0.170. The number of nitrogens with one attached hydrogen (secondary N) is 1. The molecule has 5 rings (SSSR count). The molecule has 0 aliphatic carbocycles. The van der Waals surface area contributed by atoms with Crippen LogP contribution in [0.1, 0.15) is 31.9 Å². The number of benzene rings is 3. The number of hydrogen-bond donors (Lipinski definition) is 1. The van der Waals surface area contributed by atoms with Crippen molar-refractivity contribution in [2.24, 2.45) is 4.99 Å². The topological polar surface area (TPSA) is 111 Å². The van der Waals surface area contributed by atoms with E-state index in [0.29, 0.717) is 22.2 Å². The lowest BCUT2D eigenvalue weighted by Crippen LogP contribution is -2.42. The normalized spacial score (nSPS) is 15.0. The molecular formula is C33H31F3N6O4S2. The summed E-state index contributed by atoms with van der Waals surface area (Å²) in [6, 6.07) is 19.2. The molecule has 0 spiro atoms. The van der Waals surface area contributed by atoms with Gasteiger partial charge in [-0.05, 0) is 59.1 Å². The molecule has 1 fully saturated rings. The highest BCUT2D eigenvalue weighted by atomic mass is 32.2. The number of thiocarbonyl (C=S) groups is 1. The van der Waals surface area contributed by atoms with Crippen LogP contribution in [0.2, 0.25) is 0 Å². The van der Waals surface area contributed by atoms with Crippen molar-refractivity contribution in [1.29, 1.82) is 0 Å². The first kappa shape index (κ1) is 34.6. The number of esters is 1. The van der Waals surface area contributed by atoms with Crippen molar-refractivity contribution >= 4 is 51.8 Å². The van der Waals surface area contributed by atoms with Crippen molar-refractivity contribution in [3.05, 3.63) is 90.3 Å². The van der Waals surface area contributed by atoms with Crippen LogP contribution in [0.4, 0.5) is 18.9 Å². The largest absolute Gasteiger partial charge is 0.573 e. The zero-order valence-electron chi connectivity index (χ0n) is 26.3. The number of carbonyl (C=O) groups is 2. The van der Waals surface area contributed by atoms with E-state index >= 15 is 0 Å². The van der Waals surface area contributed by atoms with Gasteiger partial charge in [0.25, 0.3) is 0 Å². The summed E-state index contributed by atoms with van der Waals surface area (Å²) in [4.78, 5) is 36.1. The maximum atomic E-state index is 13.0. The predicted molar refractivity (Wildman–Crippen MR) is 181 cm³/mol. The van der Waals surface area contributed by atoms with E-state index in [1.165, 1.54) is 54.1 Å². The molecule has 1 atom stereocenters. The van der Waals surface area contributed by atoms with E-state index in [0.717, 1.165) is 16.8 Å². The summed E-state index contributed by atoms with van der Waals surface area (Å²) in [5.74, 6) is -0.401. The van der Waals surface area contributed by atoms with Crippen molar-refractivity contribution < 1.29 is 32.2 Å². The average Bonchev–Trinajstić information content (AvgIpc) is 3.67. The van der Waals surface area contributed by atoms with E-state index in [2.05, 4.69) is 45.9 Å². The van der Waals surface area contributed by atoms with Gasteiger partial charge in [0.05, 0.1) is 24.2 Å². The molecule has 1 saturated heterocycles. The predicted octanol–water partition coefficient (Wildman–Crippen LogP) is 6.23. The maximum Gasteiger partial charge on any atom is 0.573 e. The Balaban J connectivity index is 1.27. The Labute approximate surface area is 284 Å². The van der Waals surface area contributed by atoms with Gasteiger partial charge in [0.1, 0.15) is 18.1 Å². The van der Waals surface area contributed by atoms with Crippen molar-refractivity contribution in [2.75, 3.05) is 17.8 Å². The Morgan fingerprint density at radius 2 is 1.75 bits per heavy atom. The molecule has 0 saturated carbocycles. The Hall–Kier alpha value is -4.76. The number of aliphatic imine (C=N–C) groups is 1. The zero-order valence-corrected chi connectivity index (χ0v) is 27.9. The number of ether oxygens (including phenoxy) is 2. The number of para-hydroxylation sites is 1. The molecule has 250 valence electrons. The van der Waals surface area contributed by atoms with Crippen LogP contribution < -0.4 is 15.0 Å². The van der Waals surface area contributed by atoms with Gasteiger partial charge < -0.3 is 14.8 Å². The fraction of sp³-hybridized carbons (Fsp3) is 0.273. The number of alkyl halides is 3. The third-order valence-electron chi connectivity index (χ3n) is 7.18. The summed E-state index contributed by atoms with van der Waals surface area (Å²) in [6.45, 7) is 6.21. The highest BCUT2D eigenvalue weighted by Crippen LogP contribution is 2.36. The number of amides is 1. The Morgan fingerprint density at radius 3 is 2.40 bits per heavy atom. The molecule has 0 radical (unpaired) electrons. The molecule has 10 nitrogen and oxygen atoms in total. The number of halogens is 3. The van der Waals surface area contributed by atoms with Gasteiger partial charge in [-0.25, -0.2) is 14.5 Å². The zero-order chi connectivity index (χ0) is 34.6. The molecule has 48 heavy (non-hydrogen) atoms. The Kier molecular flexibility index (Phi) is 10.2. The lowest BCUT2D eigenvalue weighted by atomic mass is 9.85. The minimum atomic E-state index is -4.78. The summed E-state index contributed by atoms with van der Waals surface area (Å²) < 4.78 is 47.7. The highest BCUT2D eigenvalue weighted by Gasteiger charge is 2.34. The molecule has 1 aliphatic rings. The van der Waals surface area contributed by atoms with E-state index < -0.39 is 18.4 Å². The van der Waals surface area contributed by atoms with Gasteiger partial charge >= 0.3 is 12.3 Å². The molecule has 0 bridgehead atoms. The summed E-state index contributed by atoms with van der Waals surface area (Å²) in [5.41, 5.74) is 3.45. The molecule has 1 N–H and O–H groups in total. The van der Waals surface area contributed by atoms with Gasteiger partial charge in [-0.15, -0.1) is 18.3 Å². The lowest BCUT2D eigenvalue weighted by Gasteiger charge is -2.27. The van der Waals surface area contributed by atoms with Crippen LogP contribution in [0.3, 0.4) is 0 Å². The Bertz CT molecular complexity index is 1840. The second-order valence-corrected chi connectivity index (χ2v) is 13.0. The number of carbonyl (C=O) groups excluding carboxylic acids is 2. The van der Waals surface area contributed by atoms with Crippen molar-refractivity contribution in [3.8, 4) is 22.8 Å². The molecule has 1 aromatic heterocycles. The van der Waals surface area contributed by atoms with Gasteiger partial charge in [0, 0.05) is 12.0 Å². The summed E-state index contributed by atoms with van der Waals surface area (Å²) >= 11 is 6.79. The first-order chi connectivity index (χ1) is 22.7. The standard InChI is InChI=1S/C33H31F3N6O4S2/c1-32(2,3)24-7-5-6-8-26(24)42-27(43)18-48-31(42)39-30(47)38-25(29(44)45-4)17-20-9-11-21(12-10-20)28-37-19-41(40-28)22-13-15-23(16-14-22)46-33(34,35)36/h5-16,19,25H,17-18H2,1-4H3,(H,38,47)/b39-31-. The SMILES string of the molecule is COC(=O)C(Cc1ccc(-c2ncn(-c3ccc(OC(F)(F)F)cc3)n2)cc1)NC(=S)/N=C1\SCC(=O)N1c1ccccc1C(C)(C)C. The van der Waals surface area contributed by atoms with Gasteiger partial charge in [-0.2, -0.15) is 4.99 Å². The number of anilines is 1. The average molecular weight is 697 g/mol. The first-order valence-electron chi connectivity index (χ1n) is 14.6. The van der Waals surface area contributed by atoms with E-state index in [1.807, 2.05) is 36.4 Å². The van der Waals surface area contributed by atoms with E-state index in [1.54, 1.807) is 17.0 Å². The lowest BCUT2D eigenvalue weighted by molar-refractivity contribution is -0.274. The van der Waals surface area contributed by atoms with Gasteiger partial charge in [-0.3, -0.25) is 9.69 Å². The van der Waals surface area contributed by atoms with Crippen molar-refractivity contribution in [1.82, 2.24) is 20.1 Å². The van der Waals surface area contributed by atoms with E-state index in [4.69, 9.17) is 17.0 Å². The minimum absolute atomic E-state index is 0.0326. The Morgan fingerprint density at radius 1 is 1.06 bits per heavy atom. The molecule has 4 aromatic rings. The van der Waals surface area contributed by atoms with E-state index in [9.17, 15) is 22.8 Å². The van der Waals surface area contributed by atoms with Crippen LogP contribution in [-0.4, -0.2) is 62.2 Å². The maximum absolute atomic E-state index is 13.0. The van der Waals surface area contributed by atoms with Crippen LogP contribution in [-0.2, 0) is 26.2 Å². The number of hydrogen-bond acceptors (Lipinski definition) is 8. The first-order valence-corrected chi connectivity index (χ1v) is 16.0. The fourth-order valence-electron chi connectivity index (χ4n) is 4.93. The highest BCUT2D eigenvalue weighted by molar-refractivity contribution is 8.15. The summed E-state index contributed by atoms with van der Waals surface area (Å²) in [6.07, 6.45) is -3.12. The summed E-state index contributed by atoms with van der Waals surface area (Å²) in [5, 5.41) is 7.85. The van der Waals surface area contributed by atoms with Crippen LogP contribution in [0.15, 0.2) is 84.1 Å². The second-order valence-electron chi connectivity index (χ2n) is 11.7. The third-order valence-corrected chi connectivity index (χ3v) is 8.31. The molecule has 1 aliphatic heterocycles. The molecule has 15 heteroatoms. The molecule has 1 unspecified atom stereocenters. The van der Waals surface area contributed by atoms with Crippen molar-refractivity contribution in [3.63, 3.8) is 0 Å². The van der Waals surface area contributed by atoms with Gasteiger partial charge in [0.2, 0.25) is 5.91 Å². The van der Waals surface area contributed by atoms with Crippen LogP contribution in [0.25, 0.3) is 17.1 Å². The minimum Gasteiger partial charge on any atom is -0.467 e. The molecule has 3 aromatic carbocycles. The second kappa shape index (κ2) is 14.2. The molecule has 1 amide bonds.